The van der Waals surface area contributed by atoms with Gasteiger partial charge in [0.05, 0.1) is 9.79 Å². The Balaban J connectivity index is 1.99. The second-order valence-corrected chi connectivity index (χ2v) is 9.79. The molecule has 1 aromatic heterocycles. The van der Waals surface area contributed by atoms with Crippen LogP contribution in [0.1, 0.15) is 16.1 Å². The molecule has 3 rings (SSSR count). The number of carbonyl (C=O) groups excluding carboxylic acids is 1. The molecule has 2 aromatic carbocycles. The van der Waals surface area contributed by atoms with Gasteiger partial charge in [-0.1, -0.05) is 35.9 Å². The Labute approximate surface area is 166 Å². The number of aromatic amines is 1. The summed E-state index contributed by atoms with van der Waals surface area (Å²) in [7, 11) is -7.64. The number of carbonyl (C=O) groups is 1. The molecule has 12 heteroatoms. The van der Waals surface area contributed by atoms with Crippen LogP contribution in [0.3, 0.4) is 0 Å². The van der Waals surface area contributed by atoms with Crippen molar-refractivity contribution >= 4 is 26.0 Å². The molecule has 0 unspecified atom stereocenters. The van der Waals surface area contributed by atoms with Gasteiger partial charge in [0, 0.05) is 7.05 Å². The lowest BCUT2D eigenvalue weighted by molar-refractivity contribution is 0.0876. The van der Waals surface area contributed by atoms with Gasteiger partial charge in [-0.15, -0.1) is 9.19 Å². The van der Waals surface area contributed by atoms with E-state index in [1.807, 2.05) is 5.21 Å². The van der Waals surface area contributed by atoms with Gasteiger partial charge in [0.15, 0.2) is 0 Å². The number of rotatable bonds is 5. The maximum absolute atomic E-state index is 12.6. The molecule has 0 atom stereocenters. The first-order chi connectivity index (χ1) is 13.6. The van der Waals surface area contributed by atoms with E-state index < -0.39 is 37.2 Å². The Morgan fingerprint density at radius 1 is 0.966 bits per heavy atom. The van der Waals surface area contributed by atoms with Crippen molar-refractivity contribution in [1.29, 1.82) is 0 Å². The molecule has 0 bridgehead atoms. The lowest BCUT2D eigenvalue weighted by Gasteiger charge is -2.16. The van der Waals surface area contributed by atoms with Crippen molar-refractivity contribution in [1.82, 2.24) is 18.7 Å². The first kappa shape index (κ1) is 20.5. The number of sulfonamides is 1. The zero-order valence-corrected chi connectivity index (χ0v) is 16.9. The average Bonchev–Trinajstić information content (AvgIpc) is 3.10. The minimum Gasteiger partial charge on any atom is -0.266 e. The van der Waals surface area contributed by atoms with Crippen LogP contribution in [0.15, 0.2) is 69.2 Å². The van der Waals surface area contributed by atoms with Gasteiger partial charge in [-0.05, 0) is 31.2 Å². The molecule has 10 nitrogen and oxygen atoms in total. The van der Waals surface area contributed by atoms with Crippen molar-refractivity contribution in [2.75, 3.05) is 7.05 Å². The molecular formula is C17H16N4O6S2. The molecule has 152 valence electrons. The van der Waals surface area contributed by atoms with Gasteiger partial charge in [0.1, 0.15) is 0 Å². The number of amides is 1. The van der Waals surface area contributed by atoms with Crippen molar-refractivity contribution in [2.24, 2.45) is 0 Å². The van der Waals surface area contributed by atoms with Gasteiger partial charge in [0.2, 0.25) is 5.69 Å². The highest BCUT2D eigenvalue weighted by Crippen LogP contribution is 2.16. The Hall–Kier alpha value is -3.25. The Kier molecular flexibility index (Phi) is 5.15. The summed E-state index contributed by atoms with van der Waals surface area (Å²) in [5.41, 5.74) is -1.34. The molecule has 3 aromatic rings. The van der Waals surface area contributed by atoms with E-state index in [0.29, 0.717) is 4.31 Å². The summed E-state index contributed by atoms with van der Waals surface area (Å²) in [6.45, 7) is 1.77. The average molecular weight is 436 g/mol. The second-order valence-electron chi connectivity index (χ2n) is 6.04. The third-order valence-electron chi connectivity index (χ3n) is 4.09. The zero-order chi connectivity index (χ0) is 21.4. The molecule has 0 saturated carbocycles. The normalized spacial score (nSPS) is 11.9. The Morgan fingerprint density at radius 2 is 1.55 bits per heavy atom. The maximum atomic E-state index is 12.6. The largest absolute Gasteiger partial charge is 0.314 e. The fourth-order valence-electron chi connectivity index (χ4n) is 2.41. The van der Waals surface area contributed by atoms with Crippen LogP contribution in [0.4, 0.5) is 0 Å². The molecular weight excluding hydrogens is 420 g/mol. The van der Waals surface area contributed by atoms with E-state index in [4.69, 9.17) is 0 Å². The van der Waals surface area contributed by atoms with Crippen LogP contribution in [0.25, 0.3) is 0 Å². The molecule has 0 aliphatic heterocycles. The maximum Gasteiger partial charge on any atom is 0.314 e. The molecule has 0 radical (unpaired) electrons. The van der Waals surface area contributed by atoms with Gasteiger partial charge in [0.25, 0.3) is 26.0 Å². The summed E-state index contributed by atoms with van der Waals surface area (Å²) in [6.07, 6.45) is 0. The van der Waals surface area contributed by atoms with Crippen LogP contribution in [0.5, 0.6) is 0 Å². The molecule has 1 amide bonds. The fraction of sp³-hybridized carbons (Fsp3) is 0.118. The summed E-state index contributed by atoms with van der Waals surface area (Å²) >= 11 is 0. The monoisotopic (exact) mass is 436 g/mol. The van der Waals surface area contributed by atoms with Crippen LogP contribution in [-0.2, 0) is 20.0 Å². The lowest BCUT2D eigenvalue weighted by Crippen LogP contribution is -2.37. The number of benzene rings is 2. The van der Waals surface area contributed by atoms with Crippen LogP contribution >= 0.6 is 0 Å². The zero-order valence-electron chi connectivity index (χ0n) is 15.3. The van der Waals surface area contributed by atoms with E-state index in [0.717, 1.165) is 12.6 Å². The summed E-state index contributed by atoms with van der Waals surface area (Å²) < 4.78 is 50.9. The molecule has 1 heterocycles. The van der Waals surface area contributed by atoms with Gasteiger partial charge >= 0.3 is 5.56 Å². The number of nitrogens with one attached hydrogen (secondary N) is 1. The predicted molar refractivity (Wildman–Crippen MR) is 102 cm³/mol. The third kappa shape index (κ3) is 3.59. The third-order valence-corrected chi connectivity index (χ3v) is 7.44. The summed E-state index contributed by atoms with van der Waals surface area (Å²) in [4.78, 5) is 24.7. The quantitative estimate of drug-likeness (QED) is 0.617. The van der Waals surface area contributed by atoms with Crippen LogP contribution < -0.4 is 5.56 Å². The van der Waals surface area contributed by atoms with Crippen molar-refractivity contribution < 1.29 is 21.6 Å². The van der Waals surface area contributed by atoms with Gasteiger partial charge in [-0.2, -0.15) is 8.42 Å². The van der Waals surface area contributed by atoms with E-state index in [1.165, 1.54) is 36.4 Å². The number of nitrogens with zero attached hydrogens (tertiary/aromatic N) is 3. The molecule has 0 aliphatic carbocycles. The summed E-state index contributed by atoms with van der Waals surface area (Å²) in [5, 5.41) is 5.41. The first-order valence-electron chi connectivity index (χ1n) is 8.15. The van der Waals surface area contributed by atoms with Crippen LogP contribution in [0.2, 0.25) is 0 Å². The lowest BCUT2D eigenvalue weighted by atomic mass is 10.2. The number of aryl methyl sites for hydroxylation is 1. The van der Waals surface area contributed by atoms with Crippen molar-refractivity contribution in [3.8, 4) is 0 Å². The van der Waals surface area contributed by atoms with Crippen LogP contribution in [0, 0.1) is 6.92 Å². The van der Waals surface area contributed by atoms with Crippen molar-refractivity contribution in [3.63, 3.8) is 0 Å². The van der Waals surface area contributed by atoms with E-state index in [2.05, 4.69) is 5.10 Å². The predicted octanol–water partition coefficient (Wildman–Crippen LogP) is 0.578. The molecule has 0 spiro atoms. The molecule has 0 aliphatic rings. The fourth-order valence-corrected chi connectivity index (χ4v) is 4.68. The smallest absolute Gasteiger partial charge is 0.266 e. The van der Waals surface area contributed by atoms with Crippen molar-refractivity contribution in [3.05, 3.63) is 76.2 Å². The Bertz CT molecular complexity index is 1320. The van der Waals surface area contributed by atoms with Crippen molar-refractivity contribution in [2.45, 2.75) is 16.7 Å². The van der Waals surface area contributed by atoms with E-state index in [-0.39, 0.29) is 13.9 Å². The van der Waals surface area contributed by atoms with Gasteiger partial charge in [-0.3, -0.25) is 9.59 Å². The van der Waals surface area contributed by atoms with Crippen LogP contribution in [-0.4, -0.2) is 48.5 Å². The van der Waals surface area contributed by atoms with E-state index in [1.54, 1.807) is 25.1 Å². The molecule has 29 heavy (non-hydrogen) atoms. The Morgan fingerprint density at radius 3 is 2.14 bits per heavy atom. The minimum atomic E-state index is -4.33. The topological polar surface area (TPSA) is 139 Å². The standard InChI is InChI=1S/C17H16N4O6S2/c1-12-8-10-14(11-9-12)28(24,25)20(2)16(22)15-17(23)21(19-18-15)29(26,27)13-6-4-3-5-7-13/h3-11,19H,1-2H3. The van der Waals surface area contributed by atoms with E-state index >= 15 is 0 Å². The molecule has 1 N–H and O–H groups in total. The summed E-state index contributed by atoms with van der Waals surface area (Å²) in [5.74, 6) is -1.27. The second kappa shape index (κ2) is 7.29. The number of hydrogen-bond acceptors (Lipinski definition) is 7. The highest BCUT2D eigenvalue weighted by atomic mass is 32.2. The summed E-state index contributed by atoms with van der Waals surface area (Å²) in [6, 6.07) is 12.8. The molecule has 0 saturated heterocycles. The SMILES string of the molecule is Cc1ccc(S(=O)(=O)N(C)C(=O)c2n[nH]n(S(=O)(=O)c3ccccc3)c2=O)cc1. The first-order valence-corrected chi connectivity index (χ1v) is 11.0. The highest BCUT2D eigenvalue weighted by molar-refractivity contribution is 7.90. The minimum absolute atomic E-state index is 0.160. The van der Waals surface area contributed by atoms with Gasteiger partial charge < -0.3 is 0 Å². The van der Waals surface area contributed by atoms with Gasteiger partial charge in [-0.25, -0.2) is 17.9 Å². The number of hydrogen-bond donors (Lipinski definition) is 1. The number of H-pyrrole nitrogens is 1. The van der Waals surface area contributed by atoms with E-state index in [9.17, 15) is 26.4 Å². The molecule has 0 fully saturated rings. The highest BCUT2D eigenvalue weighted by Gasteiger charge is 2.32. The number of aromatic nitrogens is 3.